The standard InChI is InChI=1S/C18H27N3O2/c22-18(17-15-8-4-5-9-16(15)23-19-17)21-12-10-20(11-13-21)14-6-2-1-3-7-14/h14H,1-13H2. The van der Waals surface area contributed by atoms with E-state index in [1.807, 2.05) is 4.90 Å². The molecule has 5 heteroatoms. The van der Waals surface area contributed by atoms with Gasteiger partial charge in [-0.1, -0.05) is 24.4 Å². The van der Waals surface area contributed by atoms with Crippen LogP contribution in [-0.4, -0.2) is 53.1 Å². The van der Waals surface area contributed by atoms with Gasteiger partial charge in [-0.05, 0) is 32.1 Å². The van der Waals surface area contributed by atoms with E-state index in [9.17, 15) is 4.79 Å². The highest BCUT2D eigenvalue weighted by Gasteiger charge is 2.31. The average molecular weight is 317 g/mol. The molecule has 126 valence electrons. The number of rotatable bonds is 2. The molecule has 2 fully saturated rings. The van der Waals surface area contributed by atoms with Crippen molar-refractivity contribution in [2.75, 3.05) is 26.2 Å². The number of aromatic nitrogens is 1. The third-order valence-electron chi connectivity index (χ3n) is 5.85. The summed E-state index contributed by atoms with van der Waals surface area (Å²) in [4.78, 5) is 17.4. The molecular weight excluding hydrogens is 290 g/mol. The van der Waals surface area contributed by atoms with Gasteiger partial charge in [0.25, 0.3) is 5.91 Å². The molecule has 23 heavy (non-hydrogen) atoms. The van der Waals surface area contributed by atoms with E-state index in [1.54, 1.807) is 0 Å². The van der Waals surface area contributed by atoms with E-state index >= 15 is 0 Å². The van der Waals surface area contributed by atoms with Crippen LogP contribution in [0.15, 0.2) is 4.52 Å². The molecule has 1 saturated carbocycles. The molecule has 1 aromatic rings. The lowest BCUT2D eigenvalue weighted by molar-refractivity contribution is 0.0514. The van der Waals surface area contributed by atoms with E-state index in [0.29, 0.717) is 5.69 Å². The second-order valence-electron chi connectivity index (χ2n) is 7.26. The number of carbonyl (C=O) groups excluding carboxylic acids is 1. The van der Waals surface area contributed by atoms with E-state index in [0.717, 1.165) is 69.2 Å². The monoisotopic (exact) mass is 317 g/mol. The Hall–Kier alpha value is -1.36. The first kappa shape index (κ1) is 15.2. The molecule has 0 radical (unpaired) electrons. The highest BCUT2D eigenvalue weighted by Crippen LogP contribution is 2.26. The first-order valence-electron chi connectivity index (χ1n) is 9.33. The number of hydrogen-bond acceptors (Lipinski definition) is 4. The molecule has 2 heterocycles. The van der Waals surface area contributed by atoms with E-state index < -0.39 is 0 Å². The number of carbonyl (C=O) groups is 1. The van der Waals surface area contributed by atoms with Gasteiger partial charge in [0.2, 0.25) is 0 Å². The van der Waals surface area contributed by atoms with E-state index in [-0.39, 0.29) is 5.91 Å². The van der Waals surface area contributed by atoms with Gasteiger partial charge in [0.15, 0.2) is 5.69 Å². The molecule has 1 saturated heterocycles. The number of amides is 1. The van der Waals surface area contributed by atoms with Gasteiger partial charge in [0.1, 0.15) is 5.76 Å². The van der Waals surface area contributed by atoms with Crippen molar-refractivity contribution in [2.24, 2.45) is 0 Å². The van der Waals surface area contributed by atoms with Gasteiger partial charge in [0.05, 0.1) is 0 Å². The van der Waals surface area contributed by atoms with E-state index in [1.165, 1.54) is 32.1 Å². The summed E-state index contributed by atoms with van der Waals surface area (Å²) in [5, 5.41) is 4.10. The van der Waals surface area contributed by atoms with Crippen LogP contribution >= 0.6 is 0 Å². The highest BCUT2D eigenvalue weighted by molar-refractivity contribution is 5.94. The Morgan fingerprint density at radius 1 is 0.957 bits per heavy atom. The molecule has 4 rings (SSSR count). The van der Waals surface area contributed by atoms with Crippen LogP contribution in [0.5, 0.6) is 0 Å². The van der Waals surface area contributed by atoms with Gasteiger partial charge in [-0.3, -0.25) is 9.69 Å². The highest BCUT2D eigenvalue weighted by atomic mass is 16.5. The molecule has 1 amide bonds. The van der Waals surface area contributed by atoms with Crippen LogP contribution in [-0.2, 0) is 12.8 Å². The summed E-state index contributed by atoms with van der Waals surface area (Å²) in [5.41, 5.74) is 1.67. The second-order valence-corrected chi connectivity index (χ2v) is 7.26. The van der Waals surface area contributed by atoms with Crippen molar-refractivity contribution in [3.8, 4) is 0 Å². The largest absolute Gasteiger partial charge is 0.360 e. The predicted octanol–water partition coefficient (Wildman–Crippen LogP) is 2.64. The quantitative estimate of drug-likeness (QED) is 0.841. The van der Waals surface area contributed by atoms with Crippen molar-refractivity contribution in [2.45, 2.75) is 63.8 Å². The fourth-order valence-corrected chi connectivity index (χ4v) is 4.44. The molecule has 0 atom stereocenters. The first-order chi connectivity index (χ1) is 11.3. The van der Waals surface area contributed by atoms with Crippen LogP contribution in [0.4, 0.5) is 0 Å². The molecule has 0 bridgehead atoms. The molecular formula is C18H27N3O2. The van der Waals surface area contributed by atoms with Crippen LogP contribution in [0, 0.1) is 0 Å². The Balaban J connectivity index is 1.38. The third-order valence-corrected chi connectivity index (χ3v) is 5.85. The average Bonchev–Trinajstić information content (AvgIpc) is 3.06. The molecule has 0 spiro atoms. The van der Waals surface area contributed by atoms with Gasteiger partial charge in [-0.2, -0.15) is 0 Å². The summed E-state index contributed by atoms with van der Waals surface area (Å²) in [6.07, 6.45) is 11.0. The fourth-order valence-electron chi connectivity index (χ4n) is 4.44. The van der Waals surface area contributed by atoms with E-state index in [4.69, 9.17) is 4.52 Å². The maximum Gasteiger partial charge on any atom is 0.276 e. The van der Waals surface area contributed by atoms with Gasteiger partial charge in [-0.15, -0.1) is 0 Å². The summed E-state index contributed by atoms with van der Waals surface area (Å²) in [6.45, 7) is 3.68. The second kappa shape index (κ2) is 6.63. The zero-order valence-electron chi connectivity index (χ0n) is 13.9. The third kappa shape index (κ3) is 3.03. The zero-order chi connectivity index (χ0) is 15.6. The molecule has 3 aliphatic rings. The lowest BCUT2D eigenvalue weighted by atomic mass is 9.93. The Morgan fingerprint density at radius 3 is 2.48 bits per heavy atom. The number of nitrogens with zero attached hydrogens (tertiary/aromatic N) is 3. The molecule has 1 aliphatic heterocycles. The van der Waals surface area contributed by atoms with Crippen molar-refractivity contribution < 1.29 is 9.32 Å². The summed E-state index contributed by atoms with van der Waals surface area (Å²) < 4.78 is 5.41. The summed E-state index contributed by atoms with van der Waals surface area (Å²) >= 11 is 0. The molecule has 0 unspecified atom stereocenters. The lowest BCUT2D eigenvalue weighted by Gasteiger charge is -2.40. The predicted molar refractivity (Wildman–Crippen MR) is 87.5 cm³/mol. The number of fused-ring (bicyclic) bond motifs is 1. The Bertz CT molecular complexity index is 555. The van der Waals surface area contributed by atoms with Crippen molar-refractivity contribution in [1.29, 1.82) is 0 Å². The smallest absolute Gasteiger partial charge is 0.276 e. The Labute approximate surface area is 138 Å². The minimum atomic E-state index is 0.0835. The minimum absolute atomic E-state index is 0.0835. The van der Waals surface area contributed by atoms with Crippen LogP contribution < -0.4 is 0 Å². The van der Waals surface area contributed by atoms with Gasteiger partial charge in [0, 0.05) is 44.2 Å². The van der Waals surface area contributed by atoms with Crippen molar-refractivity contribution in [3.05, 3.63) is 17.0 Å². The maximum absolute atomic E-state index is 12.8. The molecule has 0 aromatic carbocycles. The first-order valence-corrected chi connectivity index (χ1v) is 9.33. The molecule has 2 aliphatic carbocycles. The van der Waals surface area contributed by atoms with Gasteiger partial charge in [-0.25, -0.2) is 0 Å². The van der Waals surface area contributed by atoms with Crippen molar-refractivity contribution >= 4 is 5.91 Å². The topological polar surface area (TPSA) is 49.6 Å². The Morgan fingerprint density at radius 2 is 1.70 bits per heavy atom. The van der Waals surface area contributed by atoms with Crippen molar-refractivity contribution in [1.82, 2.24) is 15.0 Å². The lowest BCUT2D eigenvalue weighted by Crippen LogP contribution is -2.52. The fraction of sp³-hybridized carbons (Fsp3) is 0.778. The summed E-state index contributed by atoms with van der Waals surface area (Å²) in [6, 6.07) is 0.751. The minimum Gasteiger partial charge on any atom is -0.360 e. The summed E-state index contributed by atoms with van der Waals surface area (Å²) in [5.74, 6) is 1.03. The van der Waals surface area contributed by atoms with Gasteiger partial charge < -0.3 is 9.42 Å². The molecule has 5 nitrogen and oxygen atoms in total. The van der Waals surface area contributed by atoms with Crippen LogP contribution in [0.3, 0.4) is 0 Å². The number of piperazine rings is 1. The molecule has 0 N–H and O–H groups in total. The number of hydrogen-bond donors (Lipinski definition) is 0. The zero-order valence-corrected chi connectivity index (χ0v) is 13.9. The molecule has 1 aromatic heterocycles. The van der Waals surface area contributed by atoms with Crippen LogP contribution in [0.1, 0.15) is 66.8 Å². The number of aryl methyl sites for hydroxylation is 1. The van der Waals surface area contributed by atoms with E-state index in [2.05, 4.69) is 10.1 Å². The summed E-state index contributed by atoms with van der Waals surface area (Å²) in [7, 11) is 0. The normalized spacial score (nSPS) is 23.7. The van der Waals surface area contributed by atoms with Crippen LogP contribution in [0.2, 0.25) is 0 Å². The van der Waals surface area contributed by atoms with Crippen LogP contribution in [0.25, 0.3) is 0 Å². The SMILES string of the molecule is O=C(c1noc2c1CCCC2)N1CCN(C2CCCCC2)CC1. The maximum atomic E-state index is 12.8. The van der Waals surface area contributed by atoms with Crippen molar-refractivity contribution in [3.63, 3.8) is 0 Å². The Kier molecular flexibility index (Phi) is 4.38. The van der Waals surface area contributed by atoms with Gasteiger partial charge >= 0.3 is 0 Å².